The van der Waals surface area contributed by atoms with E-state index in [1.165, 1.54) is 23.1 Å². The number of aryl methyl sites for hydroxylation is 1. The number of rotatable bonds is 9. The van der Waals surface area contributed by atoms with Crippen LogP contribution in [0.2, 0.25) is 0 Å². The van der Waals surface area contributed by atoms with E-state index < -0.39 is 0 Å². The van der Waals surface area contributed by atoms with Crippen molar-refractivity contribution in [3.8, 4) is 27.7 Å². The van der Waals surface area contributed by atoms with E-state index in [9.17, 15) is 4.79 Å². The number of hydrogen-bond donors (Lipinski definition) is 0. The number of ether oxygens (including phenoxy) is 2. The van der Waals surface area contributed by atoms with Crippen LogP contribution in [0.4, 0.5) is 0 Å². The Morgan fingerprint density at radius 1 is 1.09 bits per heavy atom. The number of para-hydroxylation sites is 1. The Morgan fingerprint density at radius 2 is 1.85 bits per heavy atom. The summed E-state index contributed by atoms with van der Waals surface area (Å²) in [6.07, 6.45) is 0. The highest BCUT2D eigenvalue weighted by Gasteiger charge is 2.17. The van der Waals surface area contributed by atoms with Crippen molar-refractivity contribution < 1.29 is 14.3 Å². The van der Waals surface area contributed by atoms with Crippen LogP contribution in [0.25, 0.3) is 22.0 Å². The summed E-state index contributed by atoms with van der Waals surface area (Å²) in [5.41, 5.74) is 3.79. The molecule has 0 aliphatic rings. The molecule has 0 radical (unpaired) electrons. The second-order valence-corrected chi connectivity index (χ2v) is 8.96. The van der Waals surface area contributed by atoms with E-state index in [4.69, 9.17) is 9.47 Å². The maximum Gasteiger partial charge on any atom is 0.316 e. The maximum absolute atomic E-state index is 12.4. The lowest BCUT2D eigenvalue weighted by Gasteiger charge is -2.09. The van der Waals surface area contributed by atoms with Gasteiger partial charge in [-0.3, -0.25) is 4.79 Å². The molecular formula is C24H24N4O3S2. The first-order valence-corrected chi connectivity index (χ1v) is 12.3. The first-order valence-electron chi connectivity index (χ1n) is 10.5. The molecule has 0 atom stereocenters. The first-order chi connectivity index (χ1) is 16.1. The average Bonchev–Trinajstić information content (AvgIpc) is 3.48. The molecule has 2 aromatic carbocycles. The molecule has 0 aliphatic carbocycles. The van der Waals surface area contributed by atoms with Crippen LogP contribution in [-0.4, -0.2) is 38.6 Å². The minimum atomic E-state index is -0.324. The monoisotopic (exact) mass is 480 g/mol. The number of methoxy groups -OCH3 is 1. The van der Waals surface area contributed by atoms with E-state index in [1.807, 2.05) is 72.3 Å². The Morgan fingerprint density at radius 3 is 2.61 bits per heavy atom. The largest absolute Gasteiger partial charge is 0.496 e. The standard InChI is InChI=1S/C24H24N4O3S2/c1-4-28-22(18-10-6-5-9-16(18)2)26-27-24(28)33-15-21(29)31-13-17-14-32-23(25-17)19-11-7-8-12-20(19)30-3/h5-12,14H,4,13,15H2,1-3H3. The molecule has 7 nitrogen and oxygen atoms in total. The van der Waals surface area contributed by atoms with Crippen molar-refractivity contribution in [1.29, 1.82) is 0 Å². The Hall–Kier alpha value is -3.17. The van der Waals surface area contributed by atoms with Gasteiger partial charge in [0.15, 0.2) is 11.0 Å². The minimum absolute atomic E-state index is 0.125. The van der Waals surface area contributed by atoms with Crippen LogP contribution < -0.4 is 4.74 Å². The predicted molar refractivity (Wildman–Crippen MR) is 130 cm³/mol. The summed E-state index contributed by atoms with van der Waals surface area (Å²) in [6, 6.07) is 15.8. The van der Waals surface area contributed by atoms with E-state index in [0.29, 0.717) is 17.4 Å². The van der Waals surface area contributed by atoms with Gasteiger partial charge in [0.25, 0.3) is 0 Å². The summed E-state index contributed by atoms with van der Waals surface area (Å²) in [4.78, 5) is 16.9. The molecule has 4 aromatic rings. The highest BCUT2D eigenvalue weighted by molar-refractivity contribution is 7.99. The Labute approximate surface area is 200 Å². The van der Waals surface area contributed by atoms with Gasteiger partial charge < -0.3 is 14.0 Å². The quantitative estimate of drug-likeness (QED) is 0.239. The van der Waals surface area contributed by atoms with Gasteiger partial charge in [-0.1, -0.05) is 48.2 Å². The third-order valence-corrected chi connectivity index (χ3v) is 6.87. The van der Waals surface area contributed by atoms with Crippen LogP contribution in [0, 0.1) is 6.92 Å². The van der Waals surface area contributed by atoms with Crippen LogP contribution in [0.5, 0.6) is 5.75 Å². The Balaban J connectivity index is 1.35. The van der Waals surface area contributed by atoms with Crippen LogP contribution in [0.15, 0.2) is 59.1 Å². The molecule has 33 heavy (non-hydrogen) atoms. The topological polar surface area (TPSA) is 79.1 Å². The van der Waals surface area contributed by atoms with Crippen molar-refractivity contribution in [3.05, 3.63) is 65.2 Å². The average molecular weight is 481 g/mol. The van der Waals surface area contributed by atoms with Crippen LogP contribution in [0.1, 0.15) is 18.2 Å². The molecule has 4 rings (SSSR count). The van der Waals surface area contributed by atoms with Crippen molar-refractivity contribution in [2.24, 2.45) is 0 Å². The molecule has 2 aromatic heterocycles. The molecule has 170 valence electrons. The predicted octanol–water partition coefficient (Wildman–Crippen LogP) is 5.24. The lowest BCUT2D eigenvalue weighted by Crippen LogP contribution is -2.09. The Bertz CT molecular complexity index is 1250. The minimum Gasteiger partial charge on any atom is -0.496 e. The highest BCUT2D eigenvalue weighted by atomic mass is 32.2. The van der Waals surface area contributed by atoms with Crippen LogP contribution >= 0.6 is 23.1 Å². The summed E-state index contributed by atoms with van der Waals surface area (Å²) in [5, 5.41) is 12.1. The summed E-state index contributed by atoms with van der Waals surface area (Å²) in [6.45, 7) is 4.92. The summed E-state index contributed by atoms with van der Waals surface area (Å²) >= 11 is 2.82. The number of hydrogen-bond acceptors (Lipinski definition) is 8. The van der Waals surface area contributed by atoms with Crippen molar-refractivity contribution in [1.82, 2.24) is 19.7 Å². The van der Waals surface area contributed by atoms with Gasteiger partial charge in [-0.25, -0.2) is 4.98 Å². The second kappa shape index (κ2) is 10.6. The zero-order valence-electron chi connectivity index (χ0n) is 18.6. The van der Waals surface area contributed by atoms with Gasteiger partial charge in [-0.15, -0.1) is 21.5 Å². The van der Waals surface area contributed by atoms with Gasteiger partial charge >= 0.3 is 5.97 Å². The normalized spacial score (nSPS) is 10.9. The van der Waals surface area contributed by atoms with Crippen molar-refractivity contribution >= 4 is 29.1 Å². The number of thiazole rings is 1. The molecule has 0 amide bonds. The van der Waals surface area contributed by atoms with Crippen molar-refractivity contribution in [3.63, 3.8) is 0 Å². The fraction of sp³-hybridized carbons (Fsp3) is 0.250. The molecule has 9 heteroatoms. The fourth-order valence-corrected chi connectivity index (χ4v) is 4.98. The number of thioether (sulfide) groups is 1. The van der Waals surface area contributed by atoms with Crippen LogP contribution in [-0.2, 0) is 22.7 Å². The number of aromatic nitrogens is 4. The highest BCUT2D eigenvalue weighted by Crippen LogP contribution is 2.32. The van der Waals surface area contributed by atoms with Gasteiger partial charge in [0.1, 0.15) is 17.4 Å². The zero-order chi connectivity index (χ0) is 23.2. The van der Waals surface area contributed by atoms with Crippen molar-refractivity contribution in [2.45, 2.75) is 32.2 Å². The molecule has 2 heterocycles. The van der Waals surface area contributed by atoms with Crippen LogP contribution in [0.3, 0.4) is 0 Å². The fourth-order valence-electron chi connectivity index (χ4n) is 3.34. The van der Waals surface area contributed by atoms with E-state index in [0.717, 1.165) is 33.3 Å². The van der Waals surface area contributed by atoms with Gasteiger partial charge in [0, 0.05) is 17.5 Å². The van der Waals surface area contributed by atoms with Gasteiger partial charge in [0.2, 0.25) is 0 Å². The first kappa shape index (κ1) is 23.0. The zero-order valence-corrected chi connectivity index (χ0v) is 20.3. The molecular weight excluding hydrogens is 456 g/mol. The molecule has 0 N–H and O–H groups in total. The van der Waals surface area contributed by atoms with Gasteiger partial charge in [0.05, 0.1) is 24.1 Å². The smallest absolute Gasteiger partial charge is 0.316 e. The van der Waals surface area contributed by atoms with Gasteiger partial charge in [-0.2, -0.15) is 0 Å². The molecule has 0 aliphatic heterocycles. The number of esters is 1. The lowest BCUT2D eigenvalue weighted by atomic mass is 10.1. The number of nitrogens with zero attached hydrogens (tertiary/aromatic N) is 4. The number of carbonyl (C=O) groups excluding carboxylic acids is 1. The van der Waals surface area contributed by atoms with E-state index in [-0.39, 0.29) is 18.3 Å². The summed E-state index contributed by atoms with van der Waals surface area (Å²) < 4.78 is 12.9. The molecule has 0 fully saturated rings. The number of benzene rings is 2. The van der Waals surface area contributed by atoms with E-state index in [2.05, 4.69) is 15.2 Å². The third-order valence-electron chi connectivity index (χ3n) is 5.01. The van der Waals surface area contributed by atoms with Crippen molar-refractivity contribution in [2.75, 3.05) is 12.9 Å². The third kappa shape index (κ3) is 5.26. The summed E-state index contributed by atoms with van der Waals surface area (Å²) in [7, 11) is 1.64. The lowest BCUT2D eigenvalue weighted by molar-refractivity contribution is -0.141. The second-order valence-electron chi connectivity index (χ2n) is 7.16. The molecule has 0 saturated heterocycles. The Kier molecular flexibility index (Phi) is 7.41. The van der Waals surface area contributed by atoms with E-state index in [1.54, 1.807) is 7.11 Å². The maximum atomic E-state index is 12.4. The van der Waals surface area contributed by atoms with Gasteiger partial charge in [-0.05, 0) is 31.5 Å². The molecule has 0 spiro atoms. The number of carbonyl (C=O) groups is 1. The van der Waals surface area contributed by atoms with E-state index >= 15 is 0 Å². The molecule has 0 unspecified atom stereocenters. The summed E-state index contributed by atoms with van der Waals surface area (Å²) in [5.74, 6) is 1.39. The molecule has 0 bridgehead atoms. The SMILES string of the molecule is CCn1c(SCC(=O)OCc2csc(-c3ccccc3OC)n2)nnc1-c1ccccc1C. The molecule has 0 saturated carbocycles.